The van der Waals surface area contributed by atoms with Crippen molar-refractivity contribution < 1.29 is 64.7 Å². The molecule has 0 aromatic heterocycles. The molecule has 0 unspecified atom stereocenters. The Bertz CT molecular complexity index is 1480. The fourth-order valence-corrected chi connectivity index (χ4v) is 3.45. The van der Waals surface area contributed by atoms with E-state index in [2.05, 4.69) is 0 Å². The van der Waals surface area contributed by atoms with Crippen LogP contribution in [-0.2, 0) is 3.80 Å². The summed E-state index contributed by atoms with van der Waals surface area (Å²) in [7, 11) is 0. The molecule has 2 nitrogen and oxygen atoms in total. The second kappa shape index (κ2) is 11.0. The number of fused-ring (bicyclic) bond motifs is 1. The Morgan fingerprint density at radius 3 is 1.29 bits per heavy atom. The van der Waals surface area contributed by atoms with Crippen LogP contribution in [0.5, 0.6) is 5.75 Å². The Hall–Kier alpha value is -3.64. The summed E-state index contributed by atoms with van der Waals surface area (Å²) in [6.07, 6.45) is 0. The quantitative estimate of drug-likeness (QED) is 0.111. The van der Waals surface area contributed by atoms with Crippen molar-refractivity contribution in [2.24, 2.45) is 0 Å². The summed E-state index contributed by atoms with van der Waals surface area (Å²) < 4.78 is 186. The molecule has 16 heteroatoms. The van der Waals surface area contributed by atoms with E-state index >= 15 is 0 Å². The predicted molar refractivity (Wildman–Crippen MR) is 102 cm³/mol. The van der Waals surface area contributed by atoms with Gasteiger partial charge in [0.2, 0.25) is 11.6 Å². The number of hydrogen-bond donors (Lipinski definition) is 0. The maximum absolute atomic E-state index is 13.4. The standard InChI is InChI=1S/C12F10.C10H5F3O.Al.O/c13-3-1(4(14)8(18)11(21)7(3)17)2-5(15)9(19)12(22)10(20)6(2)16;11-5-3-6-9(14)2-1-7(12)10(6)8(13)4-5;;/h;1-4,14H;;/q;;+1;/p-1. The van der Waals surface area contributed by atoms with Crippen LogP contribution >= 0.6 is 0 Å². The molecule has 0 radical (unpaired) electrons. The number of benzene rings is 4. The fourth-order valence-electron chi connectivity index (χ4n) is 3.14. The van der Waals surface area contributed by atoms with Crippen molar-refractivity contribution in [1.82, 2.24) is 0 Å². The zero-order chi connectivity index (χ0) is 28.6. The summed E-state index contributed by atoms with van der Waals surface area (Å²) in [6, 6.07) is 3.68. The van der Waals surface area contributed by atoms with E-state index in [9.17, 15) is 60.9 Å². The summed E-state index contributed by atoms with van der Waals surface area (Å²) in [5, 5.41) is -0.437. The van der Waals surface area contributed by atoms with Crippen LogP contribution in [0.2, 0.25) is 0 Å². The van der Waals surface area contributed by atoms with Crippen molar-refractivity contribution in [3.63, 3.8) is 0 Å². The van der Waals surface area contributed by atoms with E-state index in [1.807, 2.05) is 0 Å². The minimum atomic E-state index is -2.68. The number of halogens is 13. The van der Waals surface area contributed by atoms with Gasteiger partial charge in [-0.3, -0.25) is 0 Å². The first-order valence-electron chi connectivity index (χ1n) is 9.45. The summed E-state index contributed by atoms with van der Waals surface area (Å²) >= 11 is -1.58. The van der Waals surface area contributed by atoms with Gasteiger partial charge < -0.3 is 0 Å². The van der Waals surface area contributed by atoms with Gasteiger partial charge in [-0.25, -0.2) is 43.9 Å². The van der Waals surface area contributed by atoms with Crippen molar-refractivity contribution in [1.29, 1.82) is 0 Å². The molecule has 4 aromatic rings. The van der Waals surface area contributed by atoms with Gasteiger partial charge in [-0.2, -0.15) is 0 Å². The molecule has 0 aliphatic rings. The zero-order valence-electron chi connectivity index (χ0n) is 17.6. The molecule has 0 heterocycles. The monoisotopic (exact) mass is 574 g/mol. The van der Waals surface area contributed by atoms with Crippen molar-refractivity contribution in [3.8, 4) is 16.9 Å². The van der Waals surface area contributed by atoms with Gasteiger partial charge in [0.05, 0.1) is 11.1 Å². The van der Waals surface area contributed by atoms with Crippen LogP contribution in [0.15, 0.2) is 24.3 Å². The first kappa shape index (κ1) is 28.9. The first-order chi connectivity index (χ1) is 17.7. The molecular weight excluding hydrogens is 570 g/mol. The van der Waals surface area contributed by atoms with E-state index in [4.69, 9.17) is 3.79 Å². The molecule has 4 rings (SSSR count). The molecule has 0 saturated heterocycles. The van der Waals surface area contributed by atoms with E-state index in [1.165, 1.54) is 6.07 Å². The van der Waals surface area contributed by atoms with Crippen LogP contribution in [0.1, 0.15) is 0 Å². The molecule has 0 spiro atoms. The summed E-state index contributed by atoms with van der Waals surface area (Å²) in [5.41, 5.74) is -4.52. The Balaban J connectivity index is 0.000000221. The summed E-state index contributed by atoms with van der Waals surface area (Å²) in [6.45, 7) is 0. The molecular formula is C22H4AlF13O2. The van der Waals surface area contributed by atoms with Gasteiger partial charge in [0.15, 0.2) is 46.5 Å². The third-order valence-corrected chi connectivity index (χ3v) is 5.14. The maximum atomic E-state index is 13.4. The van der Waals surface area contributed by atoms with Gasteiger partial charge in [0.25, 0.3) is 0 Å². The van der Waals surface area contributed by atoms with Crippen molar-refractivity contribution in [2.75, 3.05) is 0 Å². The van der Waals surface area contributed by atoms with E-state index < -0.39 is 102 Å². The molecule has 4 aromatic carbocycles. The topological polar surface area (TPSA) is 26.3 Å². The minimum absolute atomic E-state index is 0.000185. The van der Waals surface area contributed by atoms with Gasteiger partial charge in [-0.1, -0.05) is 0 Å². The second-order valence-corrected chi connectivity index (χ2v) is 7.39. The summed E-state index contributed by atoms with van der Waals surface area (Å²) in [4.78, 5) is 0. The van der Waals surface area contributed by atoms with Crippen LogP contribution < -0.4 is 3.79 Å². The van der Waals surface area contributed by atoms with Crippen LogP contribution in [0, 0.1) is 75.6 Å². The van der Waals surface area contributed by atoms with Gasteiger partial charge in [-0.15, -0.1) is 0 Å². The average Bonchev–Trinajstić information content (AvgIpc) is 2.87. The Morgan fingerprint density at radius 2 is 0.895 bits per heavy atom. The predicted octanol–water partition coefficient (Wildman–Crippen LogP) is 7.35. The van der Waals surface area contributed by atoms with Crippen molar-refractivity contribution in [2.45, 2.75) is 0 Å². The van der Waals surface area contributed by atoms with E-state index in [1.54, 1.807) is 0 Å². The third kappa shape index (κ3) is 4.93. The normalized spacial score (nSPS) is 10.8. The van der Waals surface area contributed by atoms with Crippen LogP contribution in [0.3, 0.4) is 0 Å². The fraction of sp³-hybridized carbons (Fsp3) is 0. The molecule has 0 N–H and O–H groups in total. The van der Waals surface area contributed by atoms with Crippen molar-refractivity contribution >= 4 is 26.3 Å². The van der Waals surface area contributed by atoms with Gasteiger partial charge in [0.1, 0.15) is 0 Å². The third-order valence-electron chi connectivity index (χ3n) is 4.79. The molecule has 0 atom stereocenters. The SMILES string of the molecule is Fc1c(F)c(F)c(-c2c(F)c(F)c(F)c(F)c2F)c(F)c1F.[O]=[Al][O]c1ccc(F)c2c(F)cc(F)cc12. The molecule has 198 valence electrons. The van der Waals surface area contributed by atoms with Crippen LogP contribution in [0.25, 0.3) is 21.9 Å². The van der Waals surface area contributed by atoms with E-state index in [0.717, 1.165) is 12.1 Å². The summed E-state index contributed by atoms with van der Waals surface area (Å²) in [5.74, 6) is -29.3. The molecule has 0 saturated carbocycles. The Morgan fingerprint density at radius 1 is 0.500 bits per heavy atom. The van der Waals surface area contributed by atoms with E-state index in [-0.39, 0.29) is 16.5 Å². The number of rotatable bonds is 3. The van der Waals surface area contributed by atoms with Gasteiger partial charge in [-0.05, 0) is 0 Å². The van der Waals surface area contributed by atoms with Crippen LogP contribution in [0.4, 0.5) is 57.1 Å². The molecule has 0 bridgehead atoms. The average molecular weight is 574 g/mol. The molecule has 0 fully saturated rings. The van der Waals surface area contributed by atoms with Crippen molar-refractivity contribution in [3.05, 3.63) is 99.9 Å². The van der Waals surface area contributed by atoms with Gasteiger partial charge in [0, 0.05) is 0 Å². The first-order valence-corrected chi connectivity index (χ1v) is 10.4. The molecule has 0 aliphatic heterocycles. The van der Waals surface area contributed by atoms with Gasteiger partial charge >= 0.3 is 94.5 Å². The number of hydrogen-bond acceptors (Lipinski definition) is 2. The second-order valence-electron chi connectivity index (χ2n) is 6.96. The zero-order valence-corrected chi connectivity index (χ0v) is 18.8. The molecule has 38 heavy (non-hydrogen) atoms. The Labute approximate surface area is 208 Å². The molecule has 0 amide bonds. The van der Waals surface area contributed by atoms with Crippen LogP contribution in [-0.4, -0.2) is 15.5 Å². The Kier molecular flexibility index (Phi) is 8.37. The molecule has 0 aliphatic carbocycles. The van der Waals surface area contributed by atoms with E-state index in [0.29, 0.717) is 6.07 Å².